The highest BCUT2D eigenvalue weighted by Gasteiger charge is 2.12. The minimum Gasteiger partial charge on any atom is -0.360 e. The summed E-state index contributed by atoms with van der Waals surface area (Å²) in [7, 11) is 0. The van der Waals surface area contributed by atoms with E-state index in [1.165, 1.54) is 11.8 Å². The van der Waals surface area contributed by atoms with Crippen molar-refractivity contribution in [2.24, 2.45) is 5.92 Å². The lowest BCUT2D eigenvalue weighted by molar-refractivity contribution is -0.108. The van der Waals surface area contributed by atoms with E-state index in [4.69, 9.17) is 0 Å². The van der Waals surface area contributed by atoms with Crippen molar-refractivity contribution in [3.05, 3.63) is 24.8 Å². The van der Waals surface area contributed by atoms with Crippen molar-refractivity contribution in [1.29, 1.82) is 0 Å². The van der Waals surface area contributed by atoms with Crippen molar-refractivity contribution in [1.82, 2.24) is 19.5 Å². The minimum atomic E-state index is -0.245. The van der Waals surface area contributed by atoms with Gasteiger partial charge in [-0.05, 0) is 18.6 Å². The standard InChI is InChI=1S/C14H19N5OS/c1-10(2)6-11(8-20)16-12-7-13(18-14(17-12)21-3)19-5-4-15-9-19/h4-5,7-11H,6H2,1-3H3,(H,16,17,18). The largest absolute Gasteiger partial charge is 0.360 e. The molecule has 0 aromatic carbocycles. The summed E-state index contributed by atoms with van der Waals surface area (Å²) in [5, 5.41) is 3.82. The molecule has 0 radical (unpaired) electrons. The molecule has 0 amide bonds. The summed E-state index contributed by atoms with van der Waals surface area (Å²) < 4.78 is 1.81. The lowest BCUT2D eigenvalue weighted by atomic mass is 10.1. The van der Waals surface area contributed by atoms with Crippen LogP contribution < -0.4 is 5.32 Å². The Kier molecular flexibility index (Phi) is 5.32. The van der Waals surface area contributed by atoms with Crippen molar-refractivity contribution in [3.8, 4) is 5.82 Å². The van der Waals surface area contributed by atoms with Crippen LogP contribution >= 0.6 is 11.8 Å². The Balaban J connectivity index is 2.26. The van der Waals surface area contributed by atoms with Crippen LogP contribution in [0.25, 0.3) is 5.82 Å². The van der Waals surface area contributed by atoms with Crippen LogP contribution in [-0.4, -0.2) is 38.1 Å². The third-order valence-corrected chi connectivity index (χ3v) is 3.41. The summed E-state index contributed by atoms with van der Waals surface area (Å²) in [5.41, 5.74) is 0. The van der Waals surface area contributed by atoms with Crippen LogP contribution in [0.15, 0.2) is 29.9 Å². The van der Waals surface area contributed by atoms with Crippen molar-refractivity contribution in [2.75, 3.05) is 11.6 Å². The van der Waals surface area contributed by atoms with Crippen LogP contribution in [0, 0.1) is 5.92 Å². The second-order valence-electron chi connectivity index (χ2n) is 5.08. The van der Waals surface area contributed by atoms with Crippen LogP contribution in [0.4, 0.5) is 5.82 Å². The molecule has 0 aliphatic heterocycles. The summed E-state index contributed by atoms with van der Waals surface area (Å²) in [4.78, 5) is 24.0. The number of rotatable bonds is 7. The van der Waals surface area contributed by atoms with Gasteiger partial charge < -0.3 is 10.1 Å². The van der Waals surface area contributed by atoms with Crippen LogP contribution in [0.2, 0.25) is 0 Å². The summed E-state index contributed by atoms with van der Waals surface area (Å²) in [5.74, 6) is 1.81. The van der Waals surface area contributed by atoms with E-state index in [-0.39, 0.29) is 6.04 Å². The molecular formula is C14H19N5OS. The Labute approximate surface area is 128 Å². The van der Waals surface area contributed by atoms with E-state index in [0.717, 1.165) is 18.5 Å². The fourth-order valence-corrected chi connectivity index (χ4v) is 2.33. The van der Waals surface area contributed by atoms with Crippen LogP contribution in [-0.2, 0) is 4.79 Å². The molecule has 0 saturated heterocycles. The average Bonchev–Trinajstić information content (AvgIpc) is 3.00. The molecule has 2 aromatic rings. The summed E-state index contributed by atoms with van der Waals surface area (Å²) in [6, 6.07) is 1.57. The molecule has 2 aromatic heterocycles. The normalized spacial score (nSPS) is 12.4. The van der Waals surface area contributed by atoms with Gasteiger partial charge in [0.15, 0.2) is 5.16 Å². The maximum absolute atomic E-state index is 11.2. The average molecular weight is 305 g/mol. The molecular weight excluding hydrogens is 286 g/mol. The molecule has 0 aliphatic carbocycles. The fourth-order valence-electron chi connectivity index (χ4n) is 1.95. The summed E-state index contributed by atoms with van der Waals surface area (Å²) in [6.45, 7) is 4.17. The van der Waals surface area contributed by atoms with Gasteiger partial charge in [-0.25, -0.2) is 15.0 Å². The molecule has 0 fully saturated rings. The molecule has 7 heteroatoms. The van der Waals surface area contributed by atoms with Crippen LogP contribution in [0.3, 0.4) is 0 Å². The zero-order valence-electron chi connectivity index (χ0n) is 12.4. The van der Waals surface area contributed by atoms with Gasteiger partial charge in [-0.3, -0.25) is 4.57 Å². The zero-order valence-corrected chi connectivity index (χ0v) is 13.2. The third-order valence-electron chi connectivity index (χ3n) is 2.87. The van der Waals surface area contributed by atoms with Gasteiger partial charge in [-0.2, -0.15) is 0 Å². The van der Waals surface area contributed by atoms with E-state index >= 15 is 0 Å². The smallest absolute Gasteiger partial charge is 0.191 e. The zero-order chi connectivity index (χ0) is 15.2. The quantitative estimate of drug-likeness (QED) is 0.481. The number of carbonyl (C=O) groups excluding carboxylic acids is 1. The molecule has 0 bridgehead atoms. The Morgan fingerprint density at radius 3 is 2.81 bits per heavy atom. The Hall–Kier alpha value is -1.89. The van der Waals surface area contributed by atoms with Crippen molar-refractivity contribution in [2.45, 2.75) is 31.5 Å². The number of aldehydes is 1. The van der Waals surface area contributed by atoms with Gasteiger partial charge in [-0.15, -0.1) is 0 Å². The summed E-state index contributed by atoms with van der Waals surface area (Å²) in [6.07, 6.45) is 8.81. The highest BCUT2D eigenvalue weighted by Crippen LogP contribution is 2.18. The first kappa shape index (κ1) is 15.5. The lowest BCUT2D eigenvalue weighted by Gasteiger charge is -2.16. The van der Waals surface area contributed by atoms with Gasteiger partial charge in [0, 0.05) is 18.5 Å². The lowest BCUT2D eigenvalue weighted by Crippen LogP contribution is -2.24. The topological polar surface area (TPSA) is 72.7 Å². The highest BCUT2D eigenvalue weighted by atomic mass is 32.2. The third kappa shape index (κ3) is 4.29. The first-order chi connectivity index (χ1) is 10.1. The maximum Gasteiger partial charge on any atom is 0.191 e. The van der Waals surface area contributed by atoms with Gasteiger partial charge in [0.05, 0.1) is 6.04 Å². The predicted octanol–water partition coefficient (Wildman–Crippen LogP) is 2.41. The number of thioether (sulfide) groups is 1. The van der Waals surface area contributed by atoms with Crippen molar-refractivity contribution < 1.29 is 4.79 Å². The van der Waals surface area contributed by atoms with Gasteiger partial charge in [0.1, 0.15) is 24.2 Å². The number of carbonyl (C=O) groups is 1. The van der Waals surface area contributed by atoms with E-state index in [9.17, 15) is 4.79 Å². The number of hydrogen-bond acceptors (Lipinski definition) is 6. The fraction of sp³-hybridized carbons (Fsp3) is 0.429. The molecule has 0 saturated carbocycles. The molecule has 21 heavy (non-hydrogen) atoms. The van der Waals surface area contributed by atoms with Crippen molar-refractivity contribution in [3.63, 3.8) is 0 Å². The minimum absolute atomic E-state index is 0.245. The number of imidazole rings is 1. The van der Waals surface area contributed by atoms with E-state index < -0.39 is 0 Å². The Bertz CT molecular complexity index is 585. The molecule has 0 aliphatic rings. The van der Waals surface area contributed by atoms with E-state index in [2.05, 4.69) is 34.1 Å². The first-order valence-electron chi connectivity index (χ1n) is 6.75. The van der Waals surface area contributed by atoms with Crippen molar-refractivity contribution >= 4 is 23.9 Å². The molecule has 2 rings (SSSR count). The number of aromatic nitrogens is 4. The van der Waals surface area contributed by atoms with Gasteiger partial charge in [-0.1, -0.05) is 25.6 Å². The molecule has 6 nitrogen and oxygen atoms in total. The first-order valence-corrected chi connectivity index (χ1v) is 7.98. The maximum atomic E-state index is 11.2. The number of hydrogen-bond donors (Lipinski definition) is 1. The van der Waals surface area contributed by atoms with Crippen LogP contribution in [0.5, 0.6) is 0 Å². The number of nitrogens with one attached hydrogen (secondary N) is 1. The molecule has 1 N–H and O–H groups in total. The van der Waals surface area contributed by atoms with Gasteiger partial charge in [0.25, 0.3) is 0 Å². The van der Waals surface area contributed by atoms with Gasteiger partial charge in [0.2, 0.25) is 0 Å². The Morgan fingerprint density at radius 2 is 2.24 bits per heavy atom. The molecule has 1 atom stereocenters. The van der Waals surface area contributed by atoms with Crippen LogP contribution in [0.1, 0.15) is 20.3 Å². The molecule has 2 heterocycles. The SMILES string of the molecule is CSc1nc(NC(C=O)CC(C)C)cc(-n2ccnc2)n1. The molecule has 0 spiro atoms. The summed E-state index contributed by atoms with van der Waals surface area (Å²) >= 11 is 1.46. The van der Waals surface area contributed by atoms with E-state index in [1.807, 2.05) is 23.1 Å². The van der Waals surface area contributed by atoms with E-state index in [0.29, 0.717) is 16.9 Å². The number of nitrogens with zero attached hydrogens (tertiary/aromatic N) is 4. The second kappa shape index (κ2) is 7.21. The molecule has 1 unspecified atom stereocenters. The molecule has 112 valence electrons. The predicted molar refractivity (Wildman–Crippen MR) is 83.9 cm³/mol. The Morgan fingerprint density at radius 1 is 1.43 bits per heavy atom. The van der Waals surface area contributed by atoms with Gasteiger partial charge >= 0.3 is 0 Å². The van der Waals surface area contributed by atoms with E-state index in [1.54, 1.807) is 12.5 Å². The highest BCUT2D eigenvalue weighted by molar-refractivity contribution is 7.98. The second-order valence-corrected chi connectivity index (χ2v) is 5.86. The monoisotopic (exact) mass is 305 g/mol. The number of anilines is 1.